The molecular formula is C11H16BrN3O3. The highest BCUT2D eigenvalue weighted by Crippen LogP contribution is 2.17. The van der Waals surface area contributed by atoms with Crippen LogP contribution in [-0.2, 0) is 16.1 Å². The van der Waals surface area contributed by atoms with E-state index in [1.165, 1.54) is 18.0 Å². The first kappa shape index (κ1) is 14.7. The van der Waals surface area contributed by atoms with Crippen molar-refractivity contribution in [1.29, 1.82) is 0 Å². The zero-order valence-corrected chi connectivity index (χ0v) is 12.2. The summed E-state index contributed by atoms with van der Waals surface area (Å²) in [5, 5.41) is 6.90. The van der Waals surface area contributed by atoms with E-state index >= 15 is 0 Å². The van der Waals surface area contributed by atoms with Crippen molar-refractivity contribution in [2.24, 2.45) is 0 Å². The van der Waals surface area contributed by atoms with E-state index in [0.29, 0.717) is 16.7 Å². The van der Waals surface area contributed by atoms with Crippen LogP contribution in [0.3, 0.4) is 0 Å². The van der Waals surface area contributed by atoms with Gasteiger partial charge in [-0.25, -0.2) is 9.48 Å². The number of halogens is 1. The predicted molar refractivity (Wildman–Crippen MR) is 71.6 cm³/mol. The van der Waals surface area contributed by atoms with Crippen LogP contribution in [0.4, 0.5) is 5.69 Å². The molecule has 0 amide bonds. The number of nitrogens with zero attached hydrogens (tertiary/aromatic N) is 2. The smallest absolute Gasteiger partial charge is 0.327 e. The second-order valence-corrected chi connectivity index (χ2v) is 4.58. The maximum Gasteiger partial charge on any atom is 0.327 e. The van der Waals surface area contributed by atoms with Crippen LogP contribution in [0.15, 0.2) is 15.5 Å². The van der Waals surface area contributed by atoms with E-state index in [-0.39, 0.29) is 5.56 Å². The molecule has 7 heteroatoms. The topological polar surface area (TPSA) is 73.2 Å². The van der Waals surface area contributed by atoms with Gasteiger partial charge in [0.25, 0.3) is 5.56 Å². The molecule has 1 aromatic rings. The van der Waals surface area contributed by atoms with E-state index in [4.69, 9.17) is 0 Å². The second-order valence-electron chi connectivity index (χ2n) is 3.79. The zero-order chi connectivity index (χ0) is 13.7. The molecule has 0 spiro atoms. The number of anilines is 1. The van der Waals surface area contributed by atoms with Crippen LogP contribution < -0.4 is 10.9 Å². The molecule has 1 unspecified atom stereocenters. The fourth-order valence-corrected chi connectivity index (χ4v) is 1.83. The van der Waals surface area contributed by atoms with Gasteiger partial charge in [0, 0.05) is 6.54 Å². The van der Waals surface area contributed by atoms with E-state index in [1.54, 1.807) is 6.92 Å². The second kappa shape index (κ2) is 6.53. The molecule has 0 aliphatic carbocycles. The minimum absolute atomic E-state index is 0.223. The third-order valence-corrected chi connectivity index (χ3v) is 3.11. The number of carbonyl (C=O) groups is 1. The zero-order valence-electron chi connectivity index (χ0n) is 10.6. The van der Waals surface area contributed by atoms with E-state index < -0.39 is 12.0 Å². The van der Waals surface area contributed by atoms with Crippen LogP contribution >= 0.6 is 15.9 Å². The van der Waals surface area contributed by atoms with Crippen LogP contribution in [-0.4, -0.2) is 28.9 Å². The highest BCUT2D eigenvalue weighted by atomic mass is 79.9. The fraction of sp³-hybridized carbons (Fsp3) is 0.545. The lowest BCUT2D eigenvalue weighted by Crippen LogP contribution is -2.30. The van der Waals surface area contributed by atoms with Crippen molar-refractivity contribution in [3.8, 4) is 0 Å². The molecule has 0 aliphatic rings. The summed E-state index contributed by atoms with van der Waals surface area (Å²) < 4.78 is 6.33. The van der Waals surface area contributed by atoms with Gasteiger partial charge in [0.2, 0.25) is 0 Å². The van der Waals surface area contributed by atoms with Gasteiger partial charge in [0.05, 0.1) is 19.0 Å². The summed E-state index contributed by atoms with van der Waals surface area (Å²) in [6.07, 6.45) is 2.34. The molecule has 0 fully saturated rings. The lowest BCUT2D eigenvalue weighted by Gasteiger charge is -2.14. The largest absolute Gasteiger partial charge is 0.467 e. The molecule has 0 aliphatic heterocycles. The Morgan fingerprint density at radius 3 is 2.89 bits per heavy atom. The highest BCUT2D eigenvalue weighted by Gasteiger charge is 2.16. The average Bonchev–Trinajstić information content (AvgIpc) is 2.37. The van der Waals surface area contributed by atoms with Gasteiger partial charge in [-0.3, -0.25) is 4.79 Å². The number of nitrogens with one attached hydrogen (secondary N) is 1. The summed E-state index contributed by atoms with van der Waals surface area (Å²) in [5.74, 6) is -0.403. The molecule has 18 heavy (non-hydrogen) atoms. The summed E-state index contributed by atoms with van der Waals surface area (Å²) in [7, 11) is 1.31. The molecular weight excluding hydrogens is 302 g/mol. The van der Waals surface area contributed by atoms with E-state index in [1.807, 2.05) is 6.92 Å². The Bertz CT molecular complexity index is 487. The van der Waals surface area contributed by atoms with Crippen LogP contribution in [0.25, 0.3) is 0 Å². The van der Waals surface area contributed by atoms with E-state index in [0.717, 1.165) is 6.42 Å². The van der Waals surface area contributed by atoms with Gasteiger partial charge in [0.15, 0.2) is 0 Å². The number of aryl methyl sites for hydroxylation is 1. The lowest BCUT2D eigenvalue weighted by atomic mass is 10.3. The number of carbonyl (C=O) groups excluding carboxylic acids is 1. The molecule has 0 radical (unpaired) electrons. The van der Waals surface area contributed by atoms with Gasteiger partial charge >= 0.3 is 5.97 Å². The SMILES string of the molecule is CCCn1ncc(NC(C)C(=O)OC)c(Br)c1=O. The molecule has 0 aromatic carbocycles. The molecule has 0 saturated carbocycles. The molecule has 0 saturated heterocycles. The summed E-state index contributed by atoms with van der Waals surface area (Å²) in [5.41, 5.74) is 0.254. The van der Waals surface area contributed by atoms with E-state index in [9.17, 15) is 9.59 Å². The Morgan fingerprint density at radius 1 is 1.67 bits per heavy atom. The Labute approximate surface area is 113 Å². The number of ether oxygens (including phenoxy) is 1. The number of aromatic nitrogens is 2. The van der Waals surface area contributed by atoms with Crippen LogP contribution in [0.2, 0.25) is 0 Å². The summed E-state index contributed by atoms with van der Waals surface area (Å²) in [4.78, 5) is 23.2. The van der Waals surface area contributed by atoms with Crippen LogP contribution in [0.5, 0.6) is 0 Å². The molecule has 1 N–H and O–H groups in total. The standard InChI is InChI=1S/C11H16BrN3O3/c1-4-5-15-10(16)9(12)8(6-13-15)14-7(2)11(17)18-3/h6-7,14H,4-5H2,1-3H3. The van der Waals surface area contributed by atoms with Crippen molar-refractivity contribution in [2.75, 3.05) is 12.4 Å². The molecule has 0 bridgehead atoms. The van der Waals surface area contributed by atoms with Crippen LogP contribution in [0, 0.1) is 0 Å². The van der Waals surface area contributed by atoms with Gasteiger partial charge < -0.3 is 10.1 Å². The van der Waals surface area contributed by atoms with Gasteiger partial charge in [-0.15, -0.1) is 0 Å². The normalized spacial score (nSPS) is 12.0. The average molecular weight is 318 g/mol. The van der Waals surface area contributed by atoms with Crippen LogP contribution in [0.1, 0.15) is 20.3 Å². The van der Waals surface area contributed by atoms with Crippen molar-refractivity contribution in [1.82, 2.24) is 9.78 Å². The van der Waals surface area contributed by atoms with Gasteiger partial charge in [-0.1, -0.05) is 6.92 Å². The maximum absolute atomic E-state index is 11.9. The summed E-state index contributed by atoms with van der Waals surface area (Å²) in [6, 6.07) is -0.547. The molecule has 6 nitrogen and oxygen atoms in total. The Kier molecular flexibility index (Phi) is 5.33. The number of methoxy groups -OCH3 is 1. The summed E-state index contributed by atoms with van der Waals surface area (Å²) in [6.45, 7) is 4.17. The first-order chi connectivity index (χ1) is 8.51. The van der Waals surface area contributed by atoms with Crippen molar-refractivity contribution in [2.45, 2.75) is 32.9 Å². The van der Waals surface area contributed by atoms with Gasteiger partial charge in [-0.05, 0) is 29.3 Å². The lowest BCUT2D eigenvalue weighted by molar-refractivity contribution is -0.141. The van der Waals surface area contributed by atoms with Crippen molar-refractivity contribution in [3.63, 3.8) is 0 Å². The van der Waals surface area contributed by atoms with E-state index in [2.05, 4.69) is 31.1 Å². The number of esters is 1. The molecule has 1 heterocycles. The van der Waals surface area contributed by atoms with Crippen molar-refractivity contribution in [3.05, 3.63) is 21.0 Å². The Balaban J connectivity index is 2.95. The number of rotatable bonds is 5. The minimum atomic E-state index is -0.547. The third-order valence-electron chi connectivity index (χ3n) is 2.35. The third kappa shape index (κ3) is 3.32. The predicted octanol–water partition coefficient (Wildman–Crippen LogP) is 1.39. The van der Waals surface area contributed by atoms with Crippen molar-refractivity contribution >= 4 is 27.6 Å². The van der Waals surface area contributed by atoms with Crippen molar-refractivity contribution < 1.29 is 9.53 Å². The number of hydrogen-bond donors (Lipinski definition) is 1. The maximum atomic E-state index is 11.9. The molecule has 1 aromatic heterocycles. The molecule has 1 atom stereocenters. The minimum Gasteiger partial charge on any atom is -0.467 e. The quantitative estimate of drug-likeness (QED) is 0.831. The fourth-order valence-electron chi connectivity index (χ4n) is 1.41. The molecule has 100 valence electrons. The number of hydrogen-bond acceptors (Lipinski definition) is 5. The Morgan fingerprint density at radius 2 is 2.33 bits per heavy atom. The first-order valence-corrected chi connectivity index (χ1v) is 6.40. The highest BCUT2D eigenvalue weighted by molar-refractivity contribution is 9.10. The molecule has 1 rings (SSSR count). The monoisotopic (exact) mass is 317 g/mol. The van der Waals surface area contributed by atoms with Gasteiger partial charge in [0.1, 0.15) is 10.5 Å². The summed E-state index contributed by atoms with van der Waals surface area (Å²) >= 11 is 3.21. The Hall–Kier alpha value is -1.37. The first-order valence-electron chi connectivity index (χ1n) is 5.61. The van der Waals surface area contributed by atoms with Gasteiger partial charge in [-0.2, -0.15) is 5.10 Å².